The number of ether oxygens (including phenoxy) is 1. The topological polar surface area (TPSA) is 55.8 Å². The van der Waals surface area contributed by atoms with E-state index in [9.17, 15) is 14.3 Å². The van der Waals surface area contributed by atoms with Gasteiger partial charge in [0.1, 0.15) is 0 Å². The molecule has 1 atom stereocenters. The van der Waals surface area contributed by atoms with Gasteiger partial charge in [0.05, 0.1) is 13.0 Å². The zero-order valence-corrected chi connectivity index (χ0v) is 15.8. The summed E-state index contributed by atoms with van der Waals surface area (Å²) in [5.41, 5.74) is 0.620. The van der Waals surface area contributed by atoms with E-state index in [0.29, 0.717) is 5.56 Å². The van der Waals surface area contributed by atoms with Crippen molar-refractivity contribution >= 4 is 14.3 Å². The Hall–Kier alpha value is -1.40. The molecule has 1 rings (SSSR count). The van der Waals surface area contributed by atoms with Gasteiger partial charge in [-0.2, -0.15) is 0 Å². The van der Waals surface area contributed by atoms with Crippen molar-refractivity contribution in [1.82, 2.24) is 0 Å². The van der Waals surface area contributed by atoms with Gasteiger partial charge in [-0.3, -0.25) is 4.79 Å². The predicted molar refractivity (Wildman–Crippen MR) is 90.9 cm³/mol. The van der Waals surface area contributed by atoms with E-state index in [-0.39, 0.29) is 23.8 Å². The van der Waals surface area contributed by atoms with Crippen molar-refractivity contribution in [3.63, 3.8) is 0 Å². The Labute approximate surface area is 138 Å². The largest absolute Gasteiger partial charge is 0.494 e. The van der Waals surface area contributed by atoms with Gasteiger partial charge in [0.2, 0.25) is 0 Å². The first-order valence-electron chi connectivity index (χ1n) is 7.67. The van der Waals surface area contributed by atoms with Crippen LogP contribution in [0.3, 0.4) is 0 Å². The number of carbonyl (C=O) groups is 1. The Morgan fingerprint density at radius 1 is 1.35 bits per heavy atom. The van der Waals surface area contributed by atoms with Gasteiger partial charge in [0, 0.05) is 6.61 Å². The number of aliphatic carboxylic acids is 1. The van der Waals surface area contributed by atoms with E-state index in [4.69, 9.17) is 9.16 Å². The third-order valence-corrected chi connectivity index (χ3v) is 9.00. The van der Waals surface area contributed by atoms with E-state index in [2.05, 4.69) is 33.9 Å². The molecule has 4 nitrogen and oxygen atoms in total. The summed E-state index contributed by atoms with van der Waals surface area (Å²) in [5.74, 6) is -1.96. The second-order valence-corrected chi connectivity index (χ2v) is 12.1. The highest BCUT2D eigenvalue weighted by atomic mass is 28.4. The van der Waals surface area contributed by atoms with Crippen molar-refractivity contribution in [2.24, 2.45) is 5.92 Å². The summed E-state index contributed by atoms with van der Waals surface area (Å²) in [6.07, 6.45) is 0.227. The molecule has 130 valence electrons. The molecule has 0 saturated carbocycles. The van der Waals surface area contributed by atoms with Crippen LogP contribution in [-0.4, -0.2) is 33.1 Å². The second kappa shape index (κ2) is 7.44. The molecule has 0 saturated heterocycles. The Kier molecular flexibility index (Phi) is 6.36. The normalized spacial score (nSPS) is 13.7. The summed E-state index contributed by atoms with van der Waals surface area (Å²) in [5, 5.41) is 9.44. The van der Waals surface area contributed by atoms with Crippen LogP contribution in [0.2, 0.25) is 18.1 Å². The Morgan fingerprint density at radius 3 is 2.39 bits per heavy atom. The van der Waals surface area contributed by atoms with Crippen molar-refractivity contribution in [2.75, 3.05) is 13.7 Å². The molecule has 0 aromatic heterocycles. The lowest BCUT2D eigenvalue weighted by Crippen LogP contribution is -2.42. The average Bonchev–Trinajstić information content (AvgIpc) is 2.42. The summed E-state index contributed by atoms with van der Waals surface area (Å²) in [6, 6.07) is 4.52. The molecule has 1 unspecified atom stereocenters. The maximum absolute atomic E-state index is 13.7. The van der Waals surface area contributed by atoms with Crippen LogP contribution in [0.4, 0.5) is 4.39 Å². The second-order valence-electron chi connectivity index (χ2n) is 7.28. The van der Waals surface area contributed by atoms with E-state index < -0.39 is 26.0 Å². The maximum atomic E-state index is 13.7. The fourth-order valence-electron chi connectivity index (χ4n) is 1.86. The molecule has 0 heterocycles. The zero-order chi connectivity index (χ0) is 17.8. The lowest BCUT2D eigenvalue weighted by Gasteiger charge is -2.36. The SMILES string of the molecule is COc1ccc(CC(CO[Si](C)(C)C(C)(C)C)C(=O)O)cc1F. The van der Waals surface area contributed by atoms with Crippen LogP contribution in [0.1, 0.15) is 26.3 Å². The van der Waals surface area contributed by atoms with Crippen LogP contribution in [0.25, 0.3) is 0 Å². The Morgan fingerprint density at radius 2 is 1.96 bits per heavy atom. The third kappa shape index (κ3) is 5.32. The highest BCUT2D eigenvalue weighted by molar-refractivity contribution is 6.74. The zero-order valence-electron chi connectivity index (χ0n) is 14.8. The molecule has 0 radical (unpaired) electrons. The summed E-state index contributed by atoms with van der Waals surface area (Å²) in [4.78, 5) is 11.5. The monoisotopic (exact) mass is 342 g/mol. The van der Waals surface area contributed by atoms with E-state index >= 15 is 0 Å². The number of hydrogen-bond acceptors (Lipinski definition) is 3. The molecular formula is C17H27FO4Si. The lowest BCUT2D eigenvalue weighted by atomic mass is 10.00. The third-order valence-electron chi connectivity index (χ3n) is 4.50. The molecule has 0 amide bonds. The molecule has 1 aromatic rings. The van der Waals surface area contributed by atoms with Gasteiger partial charge in [0.25, 0.3) is 0 Å². The number of benzene rings is 1. The van der Waals surface area contributed by atoms with Gasteiger partial charge in [-0.05, 0) is 42.2 Å². The molecule has 1 N–H and O–H groups in total. The summed E-state index contributed by atoms with van der Waals surface area (Å²) in [7, 11) is -0.620. The van der Waals surface area contributed by atoms with Crippen LogP contribution >= 0.6 is 0 Å². The Bertz CT molecular complexity index is 552. The minimum atomic E-state index is -2.01. The number of halogens is 1. The number of hydrogen-bond donors (Lipinski definition) is 1. The molecule has 1 aromatic carbocycles. The molecule has 6 heteroatoms. The molecule has 0 spiro atoms. The average molecular weight is 342 g/mol. The van der Waals surface area contributed by atoms with Crippen molar-refractivity contribution in [3.8, 4) is 5.75 Å². The van der Waals surface area contributed by atoms with Gasteiger partial charge in [-0.1, -0.05) is 26.8 Å². The lowest BCUT2D eigenvalue weighted by molar-refractivity contribution is -0.142. The van der Waals surface area contributed by atoms with Crippen LogP contribution < -0.4 is 4.74 Å². The van der Waals surface area contributed by atoms with Gasteiger partial charge < -0.3 is 14.3 Å². The van der Waals surface area contributed by atoms with Crippen molar-refractivity contribution in [2.45, 2.75) is 45.3 Å². The van der Waals surface area contributed by atoms with Gasteiger partial charge in [-0.15, -0.1) is 0 Å². The number of methoxy groups -OCH3 is 1. The van der Waals surface area contributed by atoms with Crippen molar-refractivity contribution in [1.29, 1.82) is 0 Å². The number of carboxylic acid groups (broad SMARTS) is 1. The highest BCUT2D eigenvalue weighted by Crippen LogP contribution is 2.37. The fraction of sp³-hybridized carbons (Fsp3) is 0.588. The predicted octanol–water partition coefficient (Wildman–Crippen LogP) is 4.10. The van der Waals surface area contributed by atoms with Crippen LogP contribution in [0, 0.1) is 11.7 Å². The fourth-order valence-corrected chi connectivity index (χ4v) is 2.92. The van der Waals surface area contributed by atoms with E-state index in [1.165, 1.54) is 19.2 Å². The quantitative estimate of drug-likeness (QED) is 0.758. The first-order valence-corrected chi connectivity index (χ1v) is 10.6. The van der Waals surface area contributed by atoms with Gasteiger partial charge >= 0.3 is 5.97 Å². The van der Waals surface area contributed by atoms with Crippen LogP contribution in [0.5, 0.6) is 5.75 Å². The van der Waals surface area contributed by atoms with E-state index in [0.717, 1.165) is 0 Å². The summed E-state index contributed by atoms with van der Waals surface area (Å²) in [6.45, 7) is 10.6. The minimum Gasteiger partial charge on any atom is -0.494 e. The van der Waals surface area contributed by atoms with Crippen molar-refractivity contribution < 1.29 is 23.5 Å². The first-order chi connectivity index (χ1) is 10.5. The molecule has 0 aliphatic rings. The number of rotatable bonds is 7. The van der Waals surface area contributed by atoms with Crippen LogP contribution in [0.15, 0.2) is 18.2 Å². The molecule has 0 aliphatic carbocycles. The van der Waals surface area contributed by atoms with Crippen molar-refractivity contribution in [3.05, 3.63) is 29.6 Å². The maximum Gasteiger partial charge on any atom is 0.309 e. The smallest absolute Gasteiger partial charge is 0.309 e. The first kappa shape index (κ1) is 19.6. The molecule has 0 bridgehead atoms. The Balaban J connectivity index is 2.81. The standard InChI is InChI=1S/C17H27FO4Si/c1-17(2,3)23(5,6)22-11-13(16(19)20)9-12-7-8-15(21-4)14(18)10-12/h7-8,10,13H,9,11H2,1-6H3,(H,19,20). The van der Waals surface area contributed by atoms with Gasteiger partial charge in [0.15, 0.2) is 19.9 Å². The summed E-state index contributed by atoms with van der Waals surface area (Å²) < 4.78 is 24.6. The summed E-state index contributed by atoms with van der Waals surface area (Å²) >= 11 is 0. The minimum absolute atomic E-state index is 0.0161. The van der Waals surface area contributed by atoms with E-state index in [1.807, 2.05) is 0 Å². The van der Waals surface area contributed by atoms with E-state index in [1.54, 1.807) is 6.07 Å². The molecule has 0 aliphatic heterocycles. The van der Waals surface area contributed by atoms with Gasteiger partial charge in [-0.25, -0.2) is 4.39 Å². The number of carboxylic acids is 1. The highest BCUT2D eigenvalue weighted by Gasteiger charge is 2.38. The molecule has 0 fully saturated rings. The molecule has 23 heavy (non-hydrogen) atoms. The molecular weight excluding hydrogens is 315 g/mol. The van der Waals surface area contributed by atoms with Crippen LogP contribution in [-0.2, 0) is 15.6 Å².